The number of aromatic hydroxyl groups is 3. The van der Waals surface area contributed by atoms with E-state index in [1.807, 2.05) is 57.2 Å². The molecular weight excluding hydrogens is 456 g/mol. The number of aryl methyl sites for hydroxylation is 3. The average molecular weight is 503 g/mol. The third-order valence-corrected chi connectivity index (χ3v) is 7.52. The highest BCUT2D eigenvalue weighted by Crippen LogP contribution is 2.49. The van der Waals surface area contributed by atoms with Gasteiger partial charge in [-0.25, -0.2) is 0 Å². The first-order valence-corrected chi connectivity index (χ1v) is 13.3. The lowest BCUT2D eigenvalue weighted by Crippen LogP contribution is -2.17. The van der Waals surface area contributed by atoms with Crippen molar-refractivity contribution < 1.29 is 15.3 Å². The Kier molecular flexibility index (Phi) is 7.29. The average Bonchev–Trinajstić information content (AvgIpc) is 2.74. The van der Waals surface area contributed by atoms with E-state index in [9.17, 15) is 15.3 Å². The van der Waals surface area contributed by atoms with E-state index in [0.717, 1.165) is 33.4 Å². The molecule has 3 N–H and O–H groups in total. The summed E-state index contributed by atoms with van der Waals surface area (Å²) >= 11 is 0. The first-order chi connectivity index (χ1) is 16.7. The van der Waals surface area contributed by atoms with Gasteiger partial charge < -0.3 is 15.3 Å². The van der Waals surface area contributed by atoms with Gasteiger partial charge in [0.05, 0.1) is 0 Å². The lowest BCUT2D eigenvalue weighted by atomic mass is 9.75. The number of hydrogen-bond donors (Lipinski definition) is 3. The molecule has 3 aromatic rings. The molecule has 3 aromatic carbocycles. The molecule has 0 unspecified atom stereocenters. The quantitative estimate of drug-likeness (QED) is 0.314. The molecule has 0 fully saturated rings. The number of benzene rings is 3. The molecule has 0 radical (unpaired) electrons. The van der Waals surface area contributed by atoms with E-state index < -0.39 is 5.92 Å². The normalized spacial score (nSPS) is 12.9. The summed E-state index contributed by atoms with van der Waals surface area (Å²) in [5, 5.41) is 34.5. The van der Waals surface area contributed by atoms with Crippen LogP contribution in [0, 0.1) is 20.8 Å². The van der Waals surface area contributed by atoms with Crippen LogP contribution in [0.2, 0.25) is 0 Å². The van der Waals surface area contributed by atoms with Crippen molar-refractivity contribution in [1.82, 2.24) is 0 Å². The van der Waals surface area contributed by atoms with E-state index in [2.05, 4.69) is 62.3 Å². The molecule has 0 aliphatic heterocycles. The molecule has 37 heavy (non-hydrogen) atoms. The van der Waals surface area contributed by atoms with Crippen LogP contribution in [0.3, 0.4) is 0 Å². The fourth-order valence-corrected chi connectivity index (χ4v) is 4.88. The predicted molar refractivity (Wildman–Crippen MR) is 156 cm³/mol. The Morgan fingerprint density at radius 1 is 0.432 bits per heavy atom. The van der Waals surface area contributed by atoms with Crippen LogP contribution in [0.5, 0.6) is 17.2 Å². The zero-order valence-electron chi connectivity index (χ0n) is 24.9. The van der Waals surface area contributed by atoms with Crippen molar-refractivity contribution in [3.8, 4) is 17.2 Å². The lowest BCUT2D eigenvalue weighted by molar-refractivity contribution is 0.444. The minimum atomic E-state index is -0.567. The van der Waals surface area contributed by atoms with Gasteiger partial charge in [0.15, 0.2) is 0 Å². The molecule has 0 atom stereocenters. The van der Waals surface area contributed by atoms with Gasteiger partial charge in [0.25, 0.3) is 0 Å². The van der Waals surface area contributed by atoms with E-state index in [4.69, 9.17) is 0 Å². The summed E-state index contributed by atoms with van der Waals surface area (Å²) in [6.45, 7) is 25.1. The Balaban J connectivity index is 2.55. The summed E-state index contributed by atoms with van der Waals surface area (Å²) < 4.78 is 0. The van der Waals surface area contributed by atoms with Gasteiger partial charge in [0, 0.05) is 22.6 Å². The van der Waals surface area contributed by atoms with E-state index in [0.29, 0.717) is 16.7 Å². The van der Waals surface area contributed by atoms with Crippen LogP contribution in [-0.4, -0.2) is 15.3 Å². The molecule has 0 amide bonds. The Labute approximate surface area is 224 Å². The van der Waals surface area contributed by atoms with Gasteiger partial charge >= 0.3 is 0 Å². The highest BCUT2D eigenvalue weighted by molar-refractivity contribution is 5.62. The SMILES string of the molecule is Cc1cc(C(C)(C)C)cc(C(c2cc(C(C)(C)C)cc(C)c2O)c2cc(C(C)(C)C)cc(C)c2O)c1O. The van der Waals surface area contributed by atoms with Crippen LogP contribution < -0.4 is 0 Å². The molecule has 0 bridgehead atoms. The fourth-order valence-electron chi connectivity index (χ4n) is 4.88. The zero-order valence-corrected chi connectivity index (χ0v) is 24.9. The molecule has 0 spiro atoms. The van der Waals surface area contributed by atoms with Crippen LogP contribution >= 0.6 is 0 Å². The van der Waals surface area contributed by atoms with Crippen molar-refractivity contribution in [3.05, 3.63) is 86.5 Å². The topological polar surface area (TPSA) is 60.7 Å². The van der Waals surface area contributed by atoms with Crippen LogP contribution in [0.15, 0.2) is 36.4 Å². The number of phenolic OH excluding ortho intramolecular Hbond substituents is 3. The minimum Gasteiger partial charge on any atom is -0.507 e. The Bertz CT molecular complexity index is 1160. The van der Waals surface area contributed by atoms with Crippen LogP contribution in [0.4, 0.5) is 0 Å². The van der Waals surface area contributed by atoms with Gasteiger partial charge in [-0.15, -0.1) is 0 Å². The second-order valence-electron chi connectivity index (χ2n) is 13.9. The third-order valence-electron chi connectivity index (χ3n) is 7.52. The molecule has 0 aromatic heterocycles. The molecule has 3 nitrogen and oxygen atoms in total. The largest absolute Gasteiger partial charge is 0.507 e. The summed E-state index contributed by atoms with van der Waals surface area (Å²) in [4.78, 5) is 0. The van der Waals surface area contributed by atoms with Gasteiger partial charge in [-0.1, -0.05) is 98.7 Å². The summed E-state index contributed by atoms with van der Waals surface area (Å²) in [5.74, 6) is 0.00119. The third kappa shape index (κ3) is 5.66. The molecule has 0 saturated heterocycles. The van der Waals surface area contributed by atoms with Crippen molar-refractivity contribution in [2.45, 2.75) is 105 Å². The van der Waals surface area contributed by atoms with Crippen molar-refractivity contribution in [2.75, 3.05) is 0 Å². The highest BCUT2D eigenvalue weighted by atomic mass is 16.3. The summed E-state index contributed by atoms with van der Waals surface area (Å²) in [6, 6.07) is 12.2. The van der Waals surface area contributed by atoms with Crippen molar-refractivity contribution >= 4 is 0 Å². The zero-order chi connectivity index (χ0) is 28.2. The van der Waals surface area contributed by atoms with Gasteiger partial charge in [0.2, 0.25) is 0 Å². The molecule has 0 heterocycles. The van der Waals surface area contributed by atoms with Gasteiger partial charge in [-0.2, -0.15) is 0 Å². The maximum Gasteiger partial charge on any atom is 0.122 e. The molecule has 200 valence electrons. The van der Waals surface area contributed by atoms with Crippen molar-refractivity contribution in [2.24, 2.45) is 0 Å². The number of phenols is 3. The van der Waals surface area contributed by atoms with E-state index in [1.54, 1.807) is 0 Å². The Morgan fingerprint density at radius 2 is 0.649 bits per heavy atom. The van der Waals surface area contributed by atoms with Crippen molar-refractivity contribution in [1.29, 1.82) is 0 Å². The van der Waals surface area contributed by atoms with Crippen LogP contribution in [0.25, 0.3) is 0 Å². The minimum absolute atomic E-state index is 0.145. The predicted octanol–water partition coefficient (Wildman–Crippen LogP) is 8.80. The maximum atomic E-state index is 11.5. The summed E-state index contributed by atoms with van der Waals surface area (Å²) in [7, 11) is 0. The van der Waals surface area contributed by atoms with Gasteiger partial charge in [0.1, 0.15) is 17.2 Å². The van der Waals surface area contributed by atoms with E-state index in [-0.39, 0.29) is 33.5 Å². The van der Waals surface area contributed by atoms with E-state index >= 15 is 0 Å². The summed E-state index contributed by atoms with van der Waals surface area (Å²) in [6.07, 6.45) is 0. The monoisotopic (exact) mass is 502 g/mol. The Morgan fingerprint density at radius 3 is 0.838 bits per heavy atom. The smallest absolute Gasteiger partial charge is 0.122 e. The highest BCUT2D eigenvalue weighted by Gasteiger charge is 2.32. The molecular formula is C34H46O3. The van der Waals surface area contributed by atoms with E-state index in [1.165, 1.54) is 0 Å². The molecule has 0 aliphatic carbocycles. The molecule has 3 heteroatoms. The van der Waals surface area contributed by atoms with Crippen LogP contribution in [-0.2, 0) is 16.2 Å². The standard InChI is InChI=1S/C34H46O3/c1-19-13-22(32(4,5)6)16-25(29(19)35)28(26-17-23(33(7,8)9)14-20(2)30(26)36)27-18-24(34(10,11)12)15-21(3)31(27)37/h13-18,28,35-37H,1-12H3. The van der Waals surface area contributed by atoms with Gasteiger partial charge in [-0.05, 0) is 70.4 Å². The number of hydrogen-bond acceptors (Lipinski definition) is 3. The lowest BCUT2D eigenvalue weighted by Gasteiger charge is -2.30. The molecule has 0 saturated carbocycles. The molecule has 3 rings (SSSR count). The fraction of sp³-hybridized carbons (Fsp3) is 0.471. The second kappa shape index (κ2) is 9.42. The van der Waals surface area contributed by atoms with Gasteiger partial charge in [-0.3, -0.25) is 0 Å². The first-order valence-electron chi connectivity index (χ1n) is 13.3. The first kappa shape index (κ1) is 28.6. The van der Waals surface area contributed by atoms with Crippen LogP contribution in [0.1, 0.15) is 118 Å². The Hall–Kier alpha value is -2.94. The number of rotatable bonds is 3. The second-order valence-corrected chi connectivity index (χ2v) is 13.9. The molecule has 0 aliphatic rings. The summed E-state index contributed by atoms with van der Waals surface area (Å²) in [5.41, 5.74) is 7.23. The van der Waals surface area contributed by atoms with Crippen molar-refractivity contribution in [3.63, 3.8) is 0 Å². The maximum absolute atomic E-state index is 11.5.